The van der Waals surface area contributed by atoms with E-state index in [0.29, 0.717) is 26.1 Å². The predicted molar refractivity (Wildman–Crippen MR) is 78.8 cm³/mol. The van der Waals surface area contributed by atoms with E-state index >= 15 is 0 Å². The smallest absolute Gasteiger partial charge is 0.361 e. The highest BCUT2D eigenvalue weighted by atomic mass is 127. The van der Waals surface area contributed by atoms with Crippen molar-refractivity contribution in [3.8, 4) is 11.1 Å². The van der Waals surface area contributed by atoms with Crippen molar-refractivity contribution in [2.24, 2.45) is 0 Å². The largest absolute Gasteiger partial charge is 0.449 e. The Balaban J connectivity index is 2.24. The second-order valence-electron chi connectivity index (χ2n) is 4.64. The fourth-order valence-corrected chi connectivity index (χ4v) is 3.00. The quantitative estimate of drug-likeness (QED) is 0.607. The van der Waals surface area contributed by atoms with Gasteiger partial charge in [0.15, 0.2) is 0 Å². The number of aromatic amines is 1. The van der Waals surface area contributed by atoms with Crippen molar-refractivity contribution < 1.29 is 17.7 Å². The molecule has 0 saturated heterocycles. The number of benzene rings is 1. The van der Waals surface area contributed by atoms with Crippen molar-refractivity contribution in [1.82, 2.24) is 15.1 Å². The van der Waals surface area contributed by atoms with Crippen molar-refractivity contribution in [3.05, 3.63) is 33.0 Å². The minimum Gasteiger partial charge on any atom is -0.361 e. The Hall–Kier alpha value is -1.58. The van der Waals surface area contributed by atoms with Crippen LogP contribution < -0.4 is 0 Å². The Labute approximate surface area is 130 Å². The van der Waals surface area contributed by atoms with Gasteiger partial charge in [-0.3, -0.25) is 0 Å². The molecular weight excluding hydrogens is 398 g/mol. The fourth-order valence-electron chi connectivity index (χ4n) is 2.25. The molecule has 0 aliphatic carbocycles. The summed E-state index contributed by atoms with van der Waals surface area (Å²) in [5.74, 6) is -0.371. The van der Waals surface area contributed by atoms with Crippen molar-refractivity contribution in [3.63, 3.8) is 0 Å². The normalized spacial score (nSPS) is 12.3. The average molecular weight is 407 g/mol. The zero-order chi connectivity index (χ0) is 15.4. The molecular formula is C13H9F3IN3O. The summed E-state index contributed by atoms with van der Waals surface area (Å²) in [6, 6.07) is 3.41. The summed E-state index contributed by atoms with van der Waals surface area (Å²) in [4.78, 5) is 5.95. The monoisotopic (exact) mass is 407 g/mol. The maximum atomic E-state index is 12.7. The summed E-state index contributed by atoms with van der Waals surface area (Å²) in [5, 5.41) is 3.86. The lowest BCUT2D eigenvalue weighted by Crippen LogP contribution is -2.06. The molecule has 0 saturated carbocycles. The number of nitrogens with zero attached hydrogens (tertiary/aromatic N) is 2. The van der Waals surface area contributed by atoms with E-state index in [1.165, 1.54) is 0 Å². The van der Waals surface area contributed by atoms with Crippen molar-refractivity contribution in [2.45, 2.75) is 20.0 Å². The van der Waals surface area contributed by atoms with Crippen LogP contribution in [0, 0.1) is 17.4 Å². The highest BCUT2D eigenvalue weighted by Gasteiger charge is 2.35. The molecule has 4 nitrogen and oxygen atoms in total. The summed E-state index contributed by atoms with van der Waals surface area (Å²) in [7, 11) is 0. The van der Waals surface area contributed by atoms with Gasteiger partial charge in [0.05, 0.1) is 11.2 Å². The first kappa shape index (κ1) is 14.4. The van der Waals surface area contributed by atoms with Crippen LogP contribution in [0.2, 0.25) is 0 Å². The predicted octanol–water partition coefficient (Wildman–Crippen LogP) is 4.46. The molecule has 21 heavy (non-hydrogen) atoms. The van der Waals surface area contributed by atoms with Crippen LogP contribution >= 0.6 is 22.6 Å². The third kappa shape index (κ3) is 2.41. The number of H-pyrrole nitrogens is 1. The van der Waals surface area contributed by atoms with E-state index in [9.17, 15) is 13.2 Å². The Kier molecular flexibility index (Phi) is 3.23. The van der Waals surface area contributed by atoms with Crippen molar-refractivity contribution in [1.29, 1.82) is 0 Å². The van der Waals surface area contributed by atoms with Crippen LogP contribution in [0.25, 0.3) is 22.2 Å². The zero-order valence-corrected chi connectivity index (χ0v) is 13.1. The molecule has 3 aromatic rings. The van der Waals surface area contributed by atoms with Crippen LogP contribution in [-0.4, -0.2) is 15.1 Å². The van der Waals surface area contributed by atoms with Crippen molar-refractivity contribution >= 4 is 33.6 Å². The maximum Gasteiger partial charge on any atom is 0.449 e. The van der Waals surface area contributed by atoms with Gasteiger partial charge in [0.25, 0.3) is 0 Å². The van der Waals surface area contributed by atoms with Gasteiger partial charge in [0.1, 0.15) is 11.3 Å². The first-order chi connectivity index (χ1) is 9.77. The molecule has 0 spiro atoms. The Morgan fingerprint density at radius 3 is 2.52 bits per heavy atom. The van der Waals surface area contributed by atoms with Crippen LogP contribution in [0.15, 0.2) is 16.7 Å². The van der Waals surface area contributed by atoms with Crippen LogP contribution in [0.5, 0.6) is 0 Å². The molecule has 0 bridgehead atoms. The molecule has 0 aliphatic rings. The molecule has 0 aliphatic heterocycles. The minimum absolute atomic E-state index is 0.304. The number of aromatic nitrogens is 3. The number of imidazole rings is 1. The molecule has 2 heterocycles. The van der Waals surface area contributed by atoms with Crippen LogP contribution in [0.1, 0.15) is 17.3 Å². The van der Waals surface area contributed by atoms with E-state index in [1.54, 1.807) is 26.0 Å². The van der Waals surface area contributed by atoms with Gasteiger partial charge in [-0.1, -0.05) is 5.16 Å². The first-order valence-electron chi connectivity index (χ1n) is 5.97. The lowest BCUT2D eigenvalue weighted by molar-refractivity contribution is -0.144. The Morgan fingerprint density at radius 1 is 1.24 bits per heavy atom. The Morgan fingerprint density at radius 2 is 1.95 bits per heavy atom. The van der Waals surface area contributed by atoms with E-state index < -0.39 is 12.0 Å². The topological polar surface area (TPSA) is 54.7 Å². The lowest BCUT2D eigenvalue weighted by atomic mass is 10.0. The molecule has 2 aromatic heterocycles. The number of hydrogen-bond acceptors (Lipinski definition) is 3. The number of aryl methyl sites for hydroxylation is 2. The number of nitrogens with one attached hydrogen (secondary N) is 1. The van der Waals surface area contributed by atoms with Crippen molar-refractivity contribution in [2.75, 3.05) is 0 Å². The van der Waals surface area contributed by atoms with Gasteiger partial charge in [0.2, 0.25) is 5.82 Å². The number of halogens is 4. The molecule has 0 fully saturated rings. The molecule has 0 unspecified atom stereocenters. The van der Waals surface area contributed by atoms with E-state index in [1.807, 2.05) is 22.6 Å². The summed E-state index contributed by atoms with van der Waals surface area (Å²) in [6.45, 7) is 3.55. The molecule has 1 N–H and O–H groups in total. The number of rotatable bonds is 1. The zero-order valence-electron chi connectivity index (χ0n) is 11.0. The van der Waals surface area contributed by atoms with E-state index in [0.717, 1.165) is 11.1 Å². The van der Waals surface area contributed by atoms with E-state index in [2.05, 4.69) is 15.1 Å². The third-order valence-corrected chi connectivity index (χ3v) is 3.95. The summed E-state index contributed by atoms with van der Waals surface area (Å²) >= 11 is 1.97. The van der Waals surface area contributed by atoms with Gasteiger partial charge in [-0.25, -0.2) is 4.98 Å². The molecule has 0 atom stereocenters. The fraction of sp³-hybridized carbons (Fsp3) is 0.231. The molecule has 110 valence electrons. The highest BCUT2D eigenvalue weighted by Crippen LogP contribution is 2.34. The molecule has 0 amide bonds. The standard InChI is InChI=1S/C13H9F3IN3O/c1-5-10(6(2)21-20-5)7-3-8(17)11-9(4-7)18-12(19-11)13(14,15)16/h3-4H,1-2H3,(H,18,19). The SMILES string of the molecule is Cc1noc(C)c1-c1cc(I)c2nc(C(F)(F)F)[nH]c2c1. The van der Waals surface area contributed by atoms with Crippen LogP contribution in [0.4, 0.5) is 13.2 Å². The lowest BCUT2D eigenvalue weighted by Gasteiger charge is -2.02. The van der Waals surface area contributed by atoms with E-state index in [4.69, 9.17) is 4.52 Å². The second-order valence-corrected chi connectivity index (χ2v) is 5.80. The average Bonchev–Trinajstić information content (AvgIpc) is 2.93. The number of fused-ring (bicyclic) bond motifs is 1. The summed E-state index contributed by atoms with van der Waals surface area (Å²) in [6.07, 6.45) is -4.49. The number of alkyl halides is 3. The van der Waals surface area contributed by atoms with Gasteiger partial charge >= 0.3 is 6.18 Å². The molecule has 3 rings (SSSR count). The van der Waals surface area contributed by atoms with Crippen LogP contribution in [0.3, 0.4) is 0 Å². The number of hydrogen-bond donors (Lipinski definition) is 1. The molecule has 8 heteroatoms. The maximum absolute atomic E-state index is 12.7. The van der Waals surface area contributed by atoms with Gasteiger partial charge in [-0.05, 0) is 54.1 Å². The third-order valence-electron chi connectivity index (χ3n) is 3.13. The molecule has 0 radical (unpaired) electrons. The Bertz CT molecular complexity index is 816. The molecule has 1 aromatic carbocycles. The first-order valence-corrected chi connectivity index (χ1v) is 7.05. The van der Waals surface area contributed by atoms with Gasteiger partial charge < -0.3 is 9.51 Å². The second kappa shape index (κ2) is 4.72. The minimum atomic E-state index is -4.49. The highest BCUT2D eigenvalue weighted by molar-refractivity contribution is 14.1. The van der Waals surface area contributed by atoms with Crippen LogP contribution in [-0.2, 0) is 6.18 Å². The van der Waals surface area contributed by atoms with Gasteiger partial charge in [-0.15, -0.1) is 0 Å². The van der Waals surface area contributed by atoms with Gasteiger partial charge in [-0.2, -0.15) is 13.2 Å². The van der Waals surface area contributed by atoms with E-state index in [-0.39, 0.29) is 0 Å². The van der Waals surface area contributed by atoms with Gasteiger partial charge in [0, 0.05) is 9.13 Å². The summed E-state index contributed by atoms with van der Waals surface area (Å²) < 4.78 is 44.0. The summed E-state index contributed by atoms with van der Waals surface area (Å²) in [5.41, 5.74) is 2.87.